The Hall–Kier alpha value is -4.96. The van der Waals surface area contributed by atoms with Crippen molar-refractivity contribution in [3.8, 4) is 11.8 Å². The molecule has 0 bridgehead atoms. The zero-order valence-electron chi connectivity index (χ0n) is 35.9. The second kappa shape index (κ2) is 18.2. The molecule has 61 heavy (non-hydrogen) atoms. The Labute approximate surface area is 356 Å². The Morgan fingerprint density at radius 2 is 1.08 bits per heavy atom. The highest BCUT2D eigenvalue weighted by Gasteiger charge is 2.63. The molecule has 0 amide bonds. The zero-order chi connectivity index (χ0) is 43.6. The van der Waals surface area contributed by atoms with E-state index in [1.165, 1.54) is 18.9 Å². The maximum absolute atomic E-state index is 13.5. The summed E-state index contributed by atoms with van der Waals surface area (Å²) in [5.74, 6) is -1.28. The molecule has 2 aromatic heterocycles. The highest BCUT2D eigenvalue weighted by molar-refractivity contribution is 6.08. The van der Waals surface area contributed by atoms with Crippen molar-refractivity contribution in [2.75, 3.05) is 41.4 Å². The molecule has 1 aliphatic heterocycles. The van der Waals surface area contributed by atoms with Crippen molar-refractivity contribution in [3.63, 3.8) is 0 Å². The van der Waals surface area contributed by atoms with Gasteiger partial charge in [0.1, 0.15) is 36.0 Å². The number of allylic oxidation sites excluding steroid dienone is 2. The molecule has 4 aliphatic carbocycles. The topological polar surface area (TPSA) is 181 Å². The number of hydrogen-bond acceptors (Lipinski definition) is 14. The van der Waals surface area contributed by atoms with Crippen LogP contribution in [0.15, 0.2) is 94.0 Å². The van der Waals surface area contributed by atoms with Crippen molar-refractivity contribution < 1.29 is 48.2 Å². The number of hydrogen-bond donors (Lipinski definition) is 3. The van der Waals surface area contributed by atoms with Crippen molar-refractivity contribution in [1.29, 1.82) is 0 Å². The maximum atomic E-state index is 13.5. The van der Waals surface area contributed by atoms with Gasteiger partial charge in [-0.2, -0.15) is 0 Å². The summed E-state index contributed by atoms with van der Waals surface area (Å²) >= 11 is 0. The minimum Gasteiger partial charge on any atom is -0.470 e. The predicted octanol–water partition coefficient (Wildman–Crippen LogP) is 6.01. The molecule has 326 valence electrons. The molecule has 14 nitrogen and oxygen atoms in total. The van der Waals surface area contributed by atoms with E-state index in [1.54, 1.807) is 0 Å². The minimum atomic E-state index is -1.97. The monoisotopic (exact) mass is 838 g/mol. The van der Waals surface area contributed by atoms with Crippen LogP contribution in [0.3, 0.4) is 0 Å². The van der Waals surface area contributed by atoms with Gasteiger partial charge in [-0.05, 0) is 74.3 Å². The van der Waals surface area contributed by atoms with E-state index >= 15 is 0 Å². The van der Waals surface area contributed by atoms with Gasteiger partial charge >= 0.3 is 0 Å². The van der Waals surface area contributed by atoms with E-state index in [1.807, 2.05) is 132 Å². The van der Waals surface area contributed by atoms with Crippen molar-refractivity contribution in [2.24, 2.45) is 29.6 Å². The number of nitrogens with zero attached hydrogens (tertiary/aromatic N) is 4. The number of aliphatic hydroxyl groups excluding tert-OH is 1. The van der Waals surface area contributed by atoms with Crippen LogP contribution in [0.4, 0.5) is 0 Å². The lowest BCUT2D eigenvalue weighted by Crippen LogP contribution is -2.63. The van der Waals surface area contributed by atoms with E-state index in [2.05, 4.69) is 16.4 Å². The van der Waals surface area contributed by atoms with Crippen LogP contribution in [-0.2, 0) is 18.0 Å². The number of aromatic nitrogens is 2. The number of carbonyl (C=O) groups excluding carboxylic acids is 2. The van der Waals surface area contributed by atoms with Gasteiger partial charge in [0.05, 0.1) is 12.1 Å². The van der Waals surface area contributed by atoms with Crippen molar-refractivity contribution >= 4 is 11.6 Å². The number of Topliss-reactive ketones (excluding diaryl/α,β-unsaturated/α-hetero) is 2. The van der Waals surface area contributed by atoms with Crippen LogP contribution < -0.4 is 9.47 Å². The third-order valence-electron chi connectivity index (χ3n) is 12.7. The number of fused-ring (bicyclic) bond motifs is 4. The molecule has 0 spiro atoms. The zero-order valence-corrected chi connectivity index (χ0v) is 35.9. The van der Waals surface area contributed by atoms with E-state index < -0.39 is 35.0 Å². The van der Waals surface area contributed by atoms with E-state index in [0.29, 0.717) is 11.5 Å². The number of carbonyl (C=O) groups is 2. The van der Waals surface area contributed by atoms with Gasteiger partial charge in [-0.3, -0.25) is 19.4 Å². The summed E-state index contributed by atoms with van der Waals surface area (Å²) in [6, 6.07) is 18.4. The minimum absolute atomic E-state index is 0.0180. The van der Waals surface area contributed by atoms with Crippen molar-refractivity contribution in [3.05, 3.63) is 119 Å². The van der Waals surface area contributed by atoms with Crippen LogP contribution in [0.5, 0.6) is 11.8 Å². The molecule has 2 aromatic carbocycles. The molecule has 5 aliphatic rings. The third kappa shape index (κ3) is 8.13. The number of ether oxygens (including phenoxy) is 3. The van der Waals surface area contributed by atoms with Crippen LogP contribution in [0.25, 0.3) is 0 Å². The fourth-order valence-electron chi connectivity index (χ4n) is 9.55. The fourth-order valence-corrected chi connectivity index (χ4v) is 9.55. The summed E-state index contributed by atoms with van der Waals surface area (Å²) in [7, 11) is 7.53. The molecular formula is C47H58N4O10. The van der Waals surface area contributed by atoms with Crippen LogP contribution in [0.2, 0.25) is 0 Å². The van der Waals surface area contributed by atoms with E-state index in [9.17, 15) is 24.9 Å². The summed E-state index contributed by atoms with van der Waals surface area (Å²) in [4.78, 5) is 30.7. The van der Waals surface area contributed by atoms with E-state index in [0.717, 1.165) is 24.3 Å². The molecule has 4 aromatic rings. The average Bonchev–Trinajstić information content (AvgIpc) is 4.06. The maximum Gasteiger partial charge on any atom is 0.265 e. The Balaban J connectivity index is 0.000000165. The summed E-state index contributed by atoms with van der Waals surface area (Å²) in [5.41, 5.74) is -1.24. The van der Waals surface area contributed by atoms with Gasteiger partial charge in [-0.25, -0.2) is 0 Å². The lowest BCUT2D eigenvalue weighted by atomic mass is 9.58. The molecule has 1 saturated heterocycles. The molecule has 0 radical (unpaired) electrons. The molecular weight excluding hydrogens is 781 g/mol. The number of benzene rings is 2. The highest BCUT2D eigenvalue weighted by atomic mass is 16.5. The van der Waals surface area contributed by atoms with Gasteiger partial charge in [0.2, 0.25) is 11.6 Å². The SMILES string of the molecule is C1CCOC1.C[C@@H]1C=C[C@H](C)[C@H]2[C@H](N(C)C)c3onc(OCc4ccccc4)c3C(=O)[C@]21O.C[C@H]1C=C[C@@H](O)[C@]2(O)C(=O)c3c(OCc4ccccc4)noc3[C@@H](N(C)C)[C@H]12. The lowest BCUT2D eigenvalue weighted by molar-refractivity contribution is -0.110. The number of aliphatic hydroxyl groups is 3. The highest BCUT2D eigenvalue weighted by Crippen LogP contribution is 2.54. The summed E-state index contributed by atoms with van der Waals surface area (Å²) < 4.78 is 27.7. The smallest absolute Gasteiger partial charge is 0.265 e. The molecule has 14 heteroatoms. The van der Waals surface area contributed by atoms with Crippen molar-refractivity contribution in [1.82, 2.24) is 20.1 Å². The van der Waals surface area contributed by atoms with Crippen LogP contribution in [0.1, 0.15) is 89.1 Å². The first-order valence-electron chi connectivity index (χ1n) is 21.0. The number of rotatable bonds is 8. The largest absolute Gasteiger partial charge is 0.470 e. The van der Waals surface area contributed by atoms with Crippen LogP contribution >= 0.6 is 0 Å². The van der Waals surface area contributed by atoms with Crippen LogP contribution in [-0.4, -0.2) is 106 Å². The Morgan fingerprint density at radius 3 is 1.51 bits per heavy atom. The van der Waals surface area contributed by atoms with Crippen LogP contribution in [0, 0.1) is 29.6 Å². The van der Waals surface area contributed by atoms with Gasteiger partial charge < -0.3 is 38.6 Å². The predicted molar refractivity (Wildman–Crippen MR) is 225 cm³/mol. The van der Waals surface area contributed by atoms with E-state index in [4.69, 9.17) is 23.3 Å². The first kappa shape index (κ1) is 44.1. The first-order chi connectivity index (χ1) is 29.2. The normalized spacial score (nSPS) is 31.0. The summed E-state index contributed by atoms with van der Waals surface area (Å²) in [6.07, 6.45) is 8.54. The fraction of sp³-hybridized carbons (Fsp3) is 0.489. The van der Waals surface area contributed by atoms with E-state index in [-0.39, 0.29) is 71.6 Å². The van der Waals surface area contributed by atoms with Gasteiger partial charge in [-0.15, -0.1) is 0 Å². The quantitative estimate of drug-likeness (QED) is 0.176. The summed E-state index contributed by atoms with van der Waals surface area (Å²) in [5, 5.41) is 41.6. The molecule has 1 fully saturated rings. The van der Waals surface area contributed by atoms with Crippen molar-refractivity contribution in [2.45, 2.75) is 76.2 Å². The molecule has 9 rings (SSSR count). The van der Waals surface area contributed by atoms with Gasteiger partial charge in [0.25, 0.3) is 11.8 Å². The molecule has 10 atom stereocenters. The first-order valence-corrected chi connectivity index (χ1v) is 21.0. The summed E-state index contributed by atoms with van der Waals surface area (Å²) in [6.45, 7) is 8.29. The molecule has 3 heterocycles. The standard InChI is InChI=1S/C22H26N2O4.C21H24N2O5.C4H8O/c1-13-10-11-14(2)22(26)17(13)18(24(3)4)19-16(20(22)25)21(23-28-19)27-12-15-8-6-5-7-9-15;1-12-9-10-14(24)21(26)16(12)17(23(2)3)18-15(19(21)25)20(22-28-18)27-11-13-7-5-4-6-8-13;1-2-4-5-3-1/h5-11,13-14,17-18,26H,12H2,1-4H3;4-10,12,14,16-17,24,26H,11H2,1-3H3;1-4H2/t13-,14+,17-,18-,22+;12-,14+,16-,17-,21+;/m00./s1. The van der Waals surface area contributed by atoms with Gasteiger partial charge in [0, 0.05) is 31.0 Å². The van der Waals surface area contributed by atoms with Gasteiger partial charge in [-0.1, -0.05) is 106 Å². The third-order valence-corrected chi connectivity index (χ3v) is 12.7. The Kier molecular flexibility index (Phi) is 13.1. The average molecular weight is 839 g/mol. The molecule has 0 unspecified atom stereocenters. The van der Waals surface area contributed by atoms with Gasteiger partial charge in [0.15, 0.2) is 17.1 Å². The Bertz CT molecular complexity index is 2040. The second-order valence-corrected chi connectivity index (χ2v) is 17.2. The molecule has 3 N–H and O–H groups in total. The second-order valence-electron chi connectivity index (χ2n) is 17.2. The lowest BCUT2D eigenvalue weighted by Gasteiger charge is -2.50. The number of ketones is 2. The Morgan fingerprint density at radius 1 is 0.656 bits per heavy atom. The molecule has 0 saturated carbocycles.